The van der Waals surface area contributed by atoms with E-state index in [0.717, 1.165) is 11.8 Å². The summed E-state index contributed by atoms with van der Waals surface area (Å²) >= 11 is 0. The zero-order chi connectivity index (χ0) is 16.9. The summed E-state index contributed by atoms with van der Waals surface area (Å²) in [5, 5.41) is 11.3. The topological polar surface area (TPSA) is 95.7 Å². The first kappa shape index (κ1) is 16.7. The van der Waals surface area contributed by atoms with Crippen LogP contribution in [-0.4, -0.2) is 31.8 Å². The van der Waals surface area contributed by atoms with Crippen molar-refractivity contribution in [2.45, 2.75) is 39.7 Å². The number of nitrogens with zero attached hydrogens (tertiary/aromatic N) is 1. The second-order valence-electron chi connectivity index (χ2n) is 5.98. The van der Waals surface area contributed by atoms with Crippen LogP contribution in [0.2, 0.25) is 0 Å². The zero-order valence-electron chi connectivity index (χ0n) is 13.2. The van der Waals surface area contributed by atoms with Crippen LogP contribution in [0.1, 0.15) is 29.2 Å². The van der Waals surface area contributed by atoms with Crippen molar-refractivity contribution in [1.29, 1.82) is 0 Å². The van der Waals surface area contributed by atoms with E-state index in [2.05, 4.69) is 0 Å². The van der Waals surface area contributed by atoms with Crippen LogP contribution in [0.25, 0.3) is 0 Å². The molecule has 1 aromatic rings. The van der Waals surface area contributed by atoms with Gasteiger partial charge in [0.15, 0.2) is 0 Å². The smallest absolute Gasteiger partial charge is 0.275 e. The van der Waals surface area contributed by atoms with Crippen molar-refractivity contribution < 1.29 is 22.3 Å². The minimum Gasteiger partial charge on any atom is -0.484 e. The molecule has 0 amide bonds. The van der Waals surface area contributed by atoms with Gasteiger partial charge in [-0.05, 0) is 27.7 Å². The minimum absolute atomic E-state index is 0.0909. The Bertz CT molecular complexity index is 755. The van der Waals surface area contributed by atoms with Crippen molar-refractivity contribution >= 4 is 15.8 Å². The second kappa shape index (κ2) is 5.20. The molecule has 2 rings (SSSR count). The largest absolute Gasteiger partial charge is 0.484 e. The van der Waals surface area contributed by atoms with Gasteiger partial charge in [-0.15, -0.1) is 0 Å². The number of nitro benzene ring substituents is 1. The number of rotatable bonds is 4. The molecule has 1 aliphatic rings. The van der Waals surface area contributed by atoms with E-state index in [-0.39, 0.29) is 17.2 Å². The third kappa shape index (κ3) is 2.93. The van der Waals surface area contributed by atoms with Crippen LogP contribution in [0.3, 0.4) is 0 Å². The summed E-state index contributed by atoms with van der Waals surface area (Å²) in [4.78, 5) is 10.9. The first-order chi connectivity index (χ1) is 9.95. The molecule has 1 aromatic carbocycles. The van der Waals surface area contributed by atoms with Gasteiger partial charge in [0.05, 0.1) is 11.2 Å². The van der Waals surface area contributed by atoms with Crippen LogP contribution < -0.4 is 4.74 Å². The lowest BCUT2D eigenvalue weighted by Crippen LogP contribution is -2.37. The van der Waals surface area contributed by atoms with Crippen molar-refractivity contribution in [3.05, 3.63) is 32.4 Å². The second-order valence-corrected chi connectivity index (χ2v) is 7.63. The third-order valence-electron chi connectivity index (χ3n) is 4.00. The van der Waals surface area contributed by atoms with E-state index in [1.54, 1.807) is 27.7 Å². The zero-order valence-corrected chi connectivity index (χ0v) is 14.0. The fourth-order valence-electron chi connectivity index (χ4n) is 2.76. The van der Waals surface area contributed by atoms with Gasteiger partial charge >= 0.3 is 0 Å². The molecule has 7 nitrogen and oxygen atoms in total. The van der Waals surface area contributed by atoms with E-state index >= 15 is 0 Å². The molecule has 0 fully saturated rings. The molecule has 0 bridgehead atoms. The lowest BCUT2D eigenvalue weighted by atomic mass is 9.92. The van der Waals surface area contributed by atoms with Crippen molar-refractivity contribution in [3.63, 3.8) is 0 Å². The molecule has 22 heavy (non-hydrogen) atoms. The molecular weight excluding hydrogens is 310 g/mol. The van der Waals surface area contributed by atoms with Crippen LogP contribution in [-0.2, 0) is 20.7 Å². The number of hydrogen-bond donors (Lipinski definition) is 0. The Morgan fingerprint density at radius 2 is 1.86 bits per heavy atom. The van der Waals surface area contributed by atoms with Crippen LogP contribution in [0.5, 0.6) is 5.75 Å². The summed E-state index contributed by atoms with van der Waals surface area (Å²) in [5.41, 5.74) is 1.81. The molecule has 1 atom stereocenters. The fraction of sp³-hybridized carbons (Fsp3) is 0.571. The molecule has 0 spiro atoms. The maximum atomic E-state index is 11.3. The average molecular weight is 329 g/mol. The monoisotopic (exact) mass is 329 g/mol. The first-order valence-corrected chi connectivity index (χ1v) is 8.57. The molecule has 0 aliphatic carbocycles. The molecule has 8 heteroatoms. The Balaban J connectivity index is 2.45. The number of nitro groups is 1. The Hall–Kier alpha value is -1.67. The number of hydrogen-bond acceptors (Lipinski definition) is 6. The molecule has 0 aromatic heterocycles. The van der Waals surface area contributed by atoms with E-state index in [4.69, 9.17) is 8.92 Å². The quantitative estimate of drug-likeness (QED) is 0.477. The Labute approximate surface area is 129 Å². The van der Waals surface area contributed by atoms with E-state index in [0.29, 0.717) is 28.9 Å². The molecule has 0 radical (unpaired) electrons. The molecule has 1 aliphatic heterocycles. The maximum absolute atomic E-state index is 11.3. The standard InChI is InChI=1S/C14H19NO6S/c1-8-9(2)13-11(10(3)12(8)15(16)17)6-14(4,21-13)7-20-22(5,18)19/h6-7H2,1-5H3. The molecule has 0 N–H and O–H groups in total. The first-order valence-electron chi connectivity index (χ1n) is 6.75. The van der Waals surface area contributed by atoms with Crippen molar-refractivity contribution in [2.24, 2.45) is 0 Å². The number of fused-ring (bicyclic) bond motifs is 1. The van der Waals surface area contributed by atoms with Crippen molar-refractivity contribution in [2.75, 3.05) is 12.9 Å². The van der Waals surface area contributed by atoms with Gasteiger partial charge in [-0.2, -0.15) is 8.42 Å². The molecule has 1 heterocycles. The summed E-state index contributed by atoms with van der Waals surface area (Å²) in [7, 11) is -3.58. The van der Waals surface area contributed by atoms with Crippen LogP contribution in [0.4, 0.5) is 5.69 Å². The summed E-state index contributed by atoms with van der Waals surface area (Å²) in [6.07, 6.45) is 1.34. The summed E-state index contributed by atoms with van der Waals surface area (Å²) in [5.74, 6) is 0.597. The Morgan fingerprint density at radius 1 is 1.27 bits per heavy atom. The van der Waals surface area contributed by atoms with Gasteiger partial charge in [-0.3, -0.25) is 14.3 Å². The van der Waals surface area contributed by atoms with E-state index in [1.807, 2.05) is 0 Å². The van der Waals surface area contributed by atoms with Crippen molar-refractivity contribution in [1.82, 2.24) is 0 Å². The van der Waals surface area contributed by atoms with Crippen molar-refractivity contribution in [3.8, 4) is 5.75 Å². The van der Waals surface area contributed by atoms with Crippen LogP contribution >= 0.6 is 0 Å². The summed E-state index contributed by atoms with van der Waals surface area (Å²) < 4.78 is 33.1. The number of ether oxygens (including phenoxy) is 1. The van der Waals surface area contributed by atoms with E-state index in [9.17, 15) is 18.5 Å². The maximum Gasteiger partial charge on any atom is 0.275 e. The molecule has 122 valence electrons. The van der Waals surface area contributed by atoms with Gasteiger partial charge in [0.2, 0.25) is 0 Å². The molecule has 0 saturated carbocycles. The molecular formula is C14H19NO6S. The Morgan fingerprint density at radius 3 is 2.36 bits per heavy atom. The van der Waals surface area contributed by atoms with Crippen LogP contribution in [0.15, 0.2) is 0 Å². The molecule has 0 saturated heterocycles. The average Bonchev–Trinajstić information content (AvgIpc) is 2.72. The predicted octanol–water partition coefficient (Wildman–Crippen LogP) is 2.19. The van der Waals surface area contributed by atoms with Gasteiger partial charge in [-0.25, -0.2) is 0 Å². The lowest BCUT2D eigenvalue weighted by molar-refractivity contribution is -0.386. The van der Waals surface area contributed by atoms with Gasteiger partial charge < -0.3 is 4.74 Å². The van der Waals surface area contributed by atoms with Gasteiger partial charge in [0.25, 0.3) is 15.8 Å². The highest BCUT2D eigenvalue weighted by atomic mass is 32.2. The van der Waals surface area contributed by atoms with Gasteiger partial charge in [-0.1, -0.05) is 0 Å². The fourth-order valence-corrected chi connectivity index (χ4v) is 3.23. The SMILES string of the molecule is Cc1c(C)c([N+](=O)[O-])c(C)c2c1OC(C)(COS(C)(=O)=O)C2. The highest BCUT2D eigenvalue weighted by molar-refractivity contribution is 7.85. The highest BCUT2D eigenvalue weighted by Crippen LogP contribution is 2.45. The van der Waals surface area contributed by atoms with E-state index in [1.165, 1.54) is 0 Å². The third-order valence-corrected chi connectivity index (χ3v) is 4.55. The Kier molecular flexibility index (Phi) is 3.95. The predicted molar refractivity (Wildman–Crippen MR) is 80.8 cm³/mol. The molecule has 1 unspecified atom stereocenters. The number of benzene rings is 1. The normalized spacial score (nSPS) is 20.6. The van der Waals surface area contributed by atoms with Crippen LogP contribution in [0, 0.1) is 30.9 Å². The highest BCUT2D eigenvalue weighted by Gasteiger charge is 2.40. The lowest BCUT2D eigenvalue weighted by Gasteiger charge is -2.23. The summed E-state index contributed by atoms with van der Waals surface area (Å²) in [6, 6.07) is 0. The summed E-state index contributed by atoms with van der Waals surface area (Å²) in [6.45, 7) is 6.75. The van der Waals surface area contributed by atoms with Gasteiger partial charge in [0, 0.05) is 28.7 Å². The van der Waals surface area contributed by atoms with Gasteiger partial charge in [0.1, 0.15) is 18.0 Å². The minimum atomic E-state index is -3.58. The van der Waals surface area contributed by atoms with E-state index < -0.39 is 15.7 Å².